The van der Waals surface area contributed by atoms with Gasteiger partial charge >= 0.3 is 0 Å². The lowest BCUT2D eigenvalue weighted by atomic mass is 9.80. The minimum absolute atomic E-state index is 0.122. The molecule has 2 heterocycles. The Morgan fingerprint density at radius 1 is 1.05 bits per heavy atom. The largest absolute Gasteiger partial charge is 0.355 e. The van der Waals surface area contributed by atoms with E-state index in [1.54, 1.807) is 59.0 Å². The summed E-state index contributed by atoms with van der Waals surface area (Å²) in [5.74, 6) is 0.548. The maximum absolute atomic E-state index is 14.0. The van der Waals surface area contributed by atoms with Gasteiger partial charge in [0.2, 0.25) is 5.95 Å². The van der Waals surface area contributed by atoms with Crippen LogP contribution in [0.15, 0.2) is 47.3 Å². The number of hydrogen-bond acceptors (Lipinski definition) is 5. The summed E-state index contributed by atoms with van der Waals surface area (Å²) < 4.78 is 1.59. The molecule has 0 bridgehead atoms. The van der Waals surface area contributed by atoms with Crippen LogP contribution in [0.3, 0.4) is 0 Å². The van der Waals surface area contributed by atoms with Gasteiger partial charge in [0.15, 0.2) is 0 Å². The molecule has 0 spiro atoms. The van der Waals surface area contributed by atoms with E-state index in [0.717, 1.165) is 12.8 Å². The molecule has 1 aliphatic heterocycles. The van der Waals surface area contributed by atoms with E-state index < -0.39 is 0 Å². The van der Waals surface area contributed by atoms with Crippen LogP contribution in [0.2, 0.25) is 10.0 Å². The summed E-state index contributed by atoms with van der Waals surface area (Å²) in [7, 11) is 1.58. The Kier molecular flexibility index (Phi) is 7.69. The molecule has 2 amide bonds. The first-order chi connectivity index (χ1) is 18.7. The number of anilines is 1. The highest BCUT2D eigenvalue weighted by Crippen LogP contribution is 2.32. The van der Waals surface area contributed by atoms with Crippen LogP contribution in [0, 0.1) is 5.92 Å². The second kappa shape index (κ2) is 11.0. The molecule has 1 saturated carbocycles. The van der Waals surface area contributed by atoms with Crippen LogP contribution >= 0.6 is 23.2 Å². The predicted octanol–water partition coefficient (Wildman–Crippen LogP) is 5.09. The van der Waals surface area contributed by atoms with E-state index in [4.69, 9.17) is 28.2 Å². The lowest BCUT2D eigenvalue weighted by Crippen LogP contribution is -2.46. The van der Waals surface area contributed by atoms with Crippen molar-refractivity contribution in [3.63, 3.8) is 0 Å². The number of nitrogens with one attached hydrogen (secondary N) is 2. The van der Waals surface area contributed by atoms with Gasteiger partial charge in [0, 0.05) is 35.8 Å². The SMILES string of the molecule is CNC(=O)c1ccc(-n2c(N[C@@H](C)C3CCC3)nc3c(c2=O)C[C@@H](C)N(C(=O)c2ccc(Cl)c(Cl)c2)C3)cc1. The van der Waals surface area contributed by atoms with Crippen LogP contribution in [0.5, 0.6) is 0 Å². The van der Waals surface area contributed by atoms with Crippen molar-refractivity contribution in [3.8, 4) is 5.69 Å². The number of hydrogen-bond donors (Lipinski definition) is 2. The van der Waals surface area contributed by atoms with Crippen LogP contribution < -0.4 is 16.2 Å². The minimum Gasteiger partial charge on any atom is -0.355 e. The fraction of sp³-hybridized carbons (Fsp3) is 0.379. The summed E-state index contributed by atoms with van der Waals surface area (Å²) >= 11 is 12.2. The highest BCUT2D eigenvalue weighted by atomic mass is 35.5. The standard InChI is InChI=1S/C29H31Cl2N5O3/c1-16-13-22-25(15-35(16)27(38)20-9-12-23(30)24(31)14-20)34-29(33-17(2)18-5-4-6-18)36(28(22)39)21-10-7-19(8-11-21)26(37)32-3/h7-12,14,16-18H,4-6,13,15H2,1-3H3,(H,32,37)(H,33,34)/t16-,17+/m1/s1. The van der Waals surface area contributed by atoms with Gasteiger partial charge < -0.3 is 15.5 Å². The Morgan fingerprint density at radius 2 is 1.74 bits per heavy atom. The number of amides is 2. The second-order valence-corrected chi connectivity index (χ2v) is 11.2. The Morgan fingerprint density at radius 3 is 2.36 bits per heavy atom. The van der Waals surface area contributed by atoms with Crippen LogP contribution in [0.25, 0.3) is 5.69 Å². The number of fused-ring (bicyclic) bond motifs is 1. The average molecular weight is 569 g/mol. The highest BCUT2D eigenvalue weighted by molar-refractivity contribution is 6.42. The summed E-state index contributed by atoms with van der Waals surface area (Å²) in [6, 6.07) is 11.6. The predicted molar refractivity (Wildman–Crippen MR) is 153 cm³/mol. The van der Waals surface area contributed by atoms with E-state index in [-0.39, 0.29) is 36.0 Å². The third-order valence-corrected chi connectivity index (χ3v) is 8.61. The quantitative estimate of drug-likeness (QED) is 0.432. The molecule has 1 aromatic heterocycles. The number of aromatic nitrogens is 2. The molecule has 39 heavy (non-hydrogen) atoms. The molecular weight excluding hydrogens is 537 g/mol. The number of nitrogens with zero attached hydrogens (tertiary/aromatic N) is 3. The van der Waals surface area contributed by atoms with Gasteiger partial charge in [0.25, 0.3) is 17.4 Å². The number of carbonyl (C=O) groups is 2. The second-order valence-electron chi connectivity index (χ2n) is 10.4. The third-order valence-electron chi connectivity index (χ3n) is 7.87. The van der Waals surface area contributed by atoms with E-state index in [9.17, 15) is 14.4 Å². The molecule has 2 N–H and O–H groups in total. The first-order valence-corrected chi connectivity index (χ1v) is 13.9. The Bertz CT molecular complexity index is 1480. The van der Waals surface area contributed by atoms with Gasteiger partial charge in [0.05, 0.1) is 28.0 Å². The van der Waals surface area contributed by atoms with Crippen molar-refractivity contribution in [3.05, 3.63) is 85.2 Å². The van der Waals surface area contributed by atoms with Gasteiger partial charge in [-0.1, -0.05) is 29.6 Å². The molecule has 0 saturated heterocycles. The van der Waals surface area contributed by atoms with Gasteiger partial charge in [-0.25, -0.2) is 9.55 Å². The topological polar surface area (TPSA) is 96.3 Å². The van der Waals surface area contributed by atoms with Crippen molar-refractivity contribution in [2.45, 2.75) is 58.2 Å². The van der Waals surface area contributed by atoms with Gasteiger partial charge in [-0.05, 0) is 81.5 Å². The molecule has 0 unspecified atom stereocenters. The summed E-state index contributed by atoms with van der Waals surface area (Å²) in [6.45, 7) is 4.23. The molecule has 0 radical (unpaired) electrons. The molecule has 8 nitrogen and oxygen atoms in total. The summed E-state index contributed by atoms with van der Waals surface area (Å²) in [5, 5.41) is 6.80. The minimum atomic E-state index is -0.231. The van der Waals surface area contributed by atoms with E-state index in [2.05, 4.69) is 17.6 Å². The molecule has 10 heteroatoms. The molecule has 2 aliphatic rings. The summed E-state index contributed by atoms with van der Waals surface area (Å²) in [5.41, 5.74) is 2.53. The van der Waals surface area contributed by atoms with Crippen molar-refractivity contribution in [1.82, 2.24) is 19.8 Å². The molecular formula is C29H31Cl2N5O3. The van der Waals surface area contributed by atoms with E-state index in [0.29, 0.717) is 56.4 Å². The molecule has 204 valence electrons. The van der Waals surface area contributed by atoms with Crippen LogP contribution in [0.1, 0.15) is 65.1 Å². The summed E-state index contributed by atoms with van der Waals surface area (Å²) in [6.07, 6.45) is 3.83. The van der Waals surface area contributed by atoms with Crippen LogP contribution in [-0.4, -0.2) is 45.4 Å². The van der Waals surface area contributed by atoms with Crippen molar-refractivity contribution >= 4 is 41.0 Å². The molecule has 3 aromatic rings. The monoisotopic (exact) mass is 567 g/mol. The maximum Gasteiger partial charge on any atom is 0.263 e. The smallest absolute Gasteiger partial charge is 0.263 e. The maximum atomic E-state index is 14.0. The highest BCUT2D eigenvalue weighted by Gasteiger charge is 2.33. The Hall–Kier alpha value is -3.36. The first-order valence-electron chi connectivity index (χ1n) is 13.2. The molecule has 5 rings (SSSR count). The van der Waals surface area contributed by atoms with Crippen molar-refractivity contribution in [2.75, 3.05) is 12.4 Å². The van der Waals surface area contributed by atoms with Gasteiger partial charge in [0.1, 0.15) is 0 Å². The molecule has 2 atom stereocenters. The molecule has 2 aromatic carbocycles. The fourth-order valence-electron chi connectivity index (χ4n) is 5.23. The number of rotatable bonds is 6. The lowest BCUT2D eigenvalue weighted by Gasteiger charge is -2.36. The zero-order valence-electron chi connectivity index (χ0n) is 22.1. The van der Waals surface area contributed by atoms with Crippen LogP contribution in [0.4, 0.5) is 5.95 Å². The number of benzene rings is 2. The third kappa shape index (κ3) is 5.28. The first kappa shape index (κ1) is 27.2. The van der Waals surface area contributed by atoms with E-state index in [1.165, 1.54) is 6.42 Å². The number of halogens is 2. The van der Waals surface area contributed by atoms with E-state index in [1.807, 2.05) is 6.92 Å². The lowest BCUT2D eigenvalue weighted by molar-refractivity contribution is 0.0653. The van der Waals surface area contributed by atoms with Gasteiger partial charge in [-0.15, -0.1) is 0 Å². The van der Waals surface area contributed by atoms with Crippen molar-refractivity contribution < 1.29 is 9.59 Å². The summed E-state index contributed by atoms with van der Waals surface area (Å²) in [4.78, 5) is 46.1. The van der Waals surface area contributed by atoms with Gasteiger partial charge in [-0.3, -0.25) is 14.4 Å². The van der Waals surface area contributed by atoms with Crippen LogP contribution in [-0.2, 0) is 13.0 Å². The zero-order chi connectivity index (χ0) is 27.8. The Labute approximate surface area is 237 Å². The number of carbonyl (C=O) groups excluding carboxylic acids is 2. The fourth-order valence-corrected chi connectivity index (χ4v) is 5.53. The molecule has 1 fully saturated rings. The molecule has 1 aliphatic carbocycles. The van der Waals surface area contributed by atoms with E-state index >= 15 is 0 Å². The normalized spacial score (nSPS) is 17.7. The average Bonchev–Trinajstić information content (AvgIpc) is 2.89. The van der Waals surface area contributed by atoms with Gasteiger partial charge in [-0.2, -0.15) is 0 Å². The Balaban J connectivity index is 1.54. The van der Waals surface area contributed by atoms with Crippen molar-refractivity contribution in [1.29, 1.82) is 0 Å². The van der Waals surface area contributed by atoms with Crippen molar-refractivity contribution in [2.24, 2.45) is 5.92 Å². The zero-order valence-corrected chi connectivity index (χ0v) is 23.6.